The molecule has 1 N–H and O–H groups in total. The maximum absolute atomic E-state index is 11.2. The van der Waals surface area contributed by atoms with Crippen LogP contribution >= 0.6 is 0 Å². The summed E-state index contributed by atoms with van der Waals surface area (Å²) in [6.07, 6.45) is 5.46. The number of aliphatic hydroxyl groups excluding tert-OH is 1. The molecular weight excluding hydrogens is 719 g/mol. The van der Waals surface area contributed by atoms with Crippen molar-refractivity contribution < 1.29 is 30.0 Å². The Balaban J connectivity index is 0.000000324. The van der Waals surface area contributed by atoms with Crippen LogP contribution in [0, 0.1) is 23.3 Å². The summed E-state index contributed by atoms with van der Waals surface area (Å²) >= 11 is 0. The van der Waals surface area contributed by atoms with Gasteiger partial charge in [0.05, 0.1) is 5.76 Å². The Kier molecular flexibility index (Phi) is 11.9. The van der Waals surface area contributed by atoms with Gasteiger partial charge in [-0.1, -0.05) is 104 Å². The molecule has 235 valence electrons. The summed E-state index contributed by atoms with van der Waals surface area (Å²) in [5.74, 6) is 1.47. The second-order valence-electron chi connectivity index (χ2n) is 14.4. The van der Waals surface area contributed by atoms with Crippen LogP contribution in [0.5, 0.6) is 0 Å². The minimum Gasteiger partial charge on any atom is -0.512 e. The van der Waals surface area contributed by atoms with Gasteiger partial charge in [0.25, 0.3) is 0 Å². The molecule has 5 rings (SSSR count). The van der Waals surface area contributed by atoms with E-state index in [1.807, 2.05) is 40.0 Å². The monoisotopic (exact) mass is 767 g/mol. The van der Waals surface area contributed by atoms with Crippen molar-refractivity contribution in [3.05, 3.63) is 89.8 Å². The van der Waals surface area contributed by atoms with Crippen molar-refractivity contribution in [1.29, 1.82) is 0 Å². The van der Waals surface area contributed by atoms with E-state index in [0.717, 1.165) is 17.7 Å². The van der Waals surface area contributed by atoms with Crippen LogP contribution in [0.2, 0.25) is 0 Å². The molecule has 44 heavy (non-hydrogen) atoms. The summed E-state index contributed by atoms with van der Waals surface area (Å²) in [4.78, 5) is 16.1. The fourth-order valence-corrected chi connectivity index (χ4v) is 5.86. The van der Waals surface area contributed by atoms with Crippen LogP contribution in [-0.4, -0.2) is 15.9 Å². The molecule has 3 aromatic carbocycles. The summed E-state index contributed by atoms with van der Waals surface area (Å²) in [5, 5.41) is 11.9. The Morgan fingerprint density at radius 2 is 1.59 bits per heavy atom. The summed E-state index contributed by atoms with van der Waals surface area (Å²) < 4.78 is 0. The van der Waals surface area contributed by atoms with Crippen molar-refractivity contribution in [2.45, 2.75) is 87.5 Å². The minimum absolute atomic E-state index is 0. The smallest absolute Gasteiger partial charge is 0.159 e. The van der Waals surface area contributed by atoms with E-state index in [0.29, 0.717) is 30.6 Å². The van der Waals surface area contributed by atoms with Gasteiger partial charge < -0.3 is 10.1 Å². The number of aliphatic hydroxyl groups is 1. The second kappa shape index (κ2) is 14.8. The van der Waals surface area contributed by atoms with Gasteiger partial charge in [-0.2, -0.15) is 0 Å². The van der Waals surface area contributed by atoms with Crippen molar-refractivity contribution in [1.82, 2.24) is 4.98 Å². The normalized spacial score (nSPS) is 12.3. The third-order valence-electron chi connectivity index (χ3n) is 7.60. The predicted molar refractivity (Wildman–Crippen MR) is 182 cm³/mol. The van der Waals surface area contributed by atoms with Gasteiger partial charge in [-0.3, -0.25) is 4.79 Å². The third kappa shape index (κ3) is 8.77. The molecule has 0 fully saturated rings. The SMILES string of the molecule is CC(C)CC(=O)/C=C(\O)CC(C)C.CC(C)c1ccc2c(c1)-c1ccc[c-]c1-c1nccc3cc(CC(C)(C)C)cc-2c13.[Ir]. The van der Waals surface area contributed by atoms with E-state index < -0.39 is 0 Å². The van der Waals surface area contributed by atoms with Gasteiger partial charge in [0, 0.05) is 45.2 Å². The Morgan fingerprint density at radius 3 is 2.23 bits per heavy atom. The van der Waals surface area contributed by atoms with E-state index in [2.05, 4.69) is 89.2 Å². The molecule has 4 heteroatoms. The molecule has 4 aromatic rings. The van der Waals surface area contributed by atoms with Gasteiger partial charge in [0.15, 0.2) is 5.78 Å². The maximum Gasteiger partial charge on any atom is 0.159 e. The number of carbonyl (C=O) groups is 1. The first-order valence-corrected chi connectivity index (χ1v) is 15.7. The van der Waals surface area contributed by atoms with Crippen LogP contribution in [0.1, 0.15) is 92.2 Å². The molecule has 0 saturated carbocycles. The number of carbonyl (C=O) groups excluding carboxylic acids is 1. The molecule has 0 aliphatic heterocycles. The van der Waals surface area contributed by atoms with Crippen LogP contribution in [0.25, 0.3) is 44.3 Å². The molecule has 0 saturated heterocycles. The first-order chi connectivity index (χ1) is 20.2. The van der Waals surface area contributed by atoms with Crippen molar-refractivity contribution in [2.75, 3.05) is 0 Å². The van der Waals surface area contributed by atoms with Gasteiger partial charge in [-0.15, -0.1) is 29.8 Å². The van der Waals surface area contributed by atoms with Crippen LogP contribution in [0.15, 0.2) is 72.6 Å². The van der Waals surface area contributed by atoms with Gasteiger partial charge in [-0.25, -0.2) is 0 Å². The fourth-order valence-electron chi connectivity index (χ4n) is 5.86. The Hall–Kier alpha value is -3.07. The average molecular weight is 767 g/mol. The molecule has 0 atom stereocenters. The molecule has 0 bridgehead atoms. The van der Waals surface area contributed by atoms with E-state index in [1.165, 1.54) is 50.2 Å². The summed E-state index contributed by atoms with van der Waals surface area (Å²) in [5.41, 5.74) is 10.2. The Labute approximate surface area is 278 Å². The number of hydrogen-bond donors (Lipinski definition) is 1. The van der Waals surface area contributed by atoms with Crippen molar-refractivity contribution in [2.24, 2.45) is 17.3 Å². The molecule has 1 radical (unpaired) electrons. The van der Waals surface area contributed by atoms with Crippen molar-refractivity contribution in [3.63, 3.8) is 0 Å². The number of ketones is 1. The zero-order valence-corrected chi connectivity index (χ0v) is 30.2. The average Bonchev–Trinajstić information content (AvgIpc) is 3.01. The molecule has 1 aromatic heterocycles. The van der Waals surface area contributed by atoms with Crippen LogP contribution < -0.4 is 0 Å². The molecule has 1 aliphatic rings. The van der Waals surface area contributed by atoms with Gasteiger partial charge in [0.1, 0.15) is 0 Å². The fraction of sp³-hybridized carbons (Fsp3) is 0.400. The topological polar surface area (TPSA) is 50.2 Å². The van der Waals surface area contributed by atoms with Crippen molar-refractivity contribution >= 4 is 16.6 Å². The molecule has 1 aliphatic carbocycles. The third-order valence-corrected chi connectivity index (χ3v) is 7.60. The first kappa shape index (κ1) is 35.4. The van der Waals surface area contributed by atoms with E-state index in [9.17, 15) is 9.90 Å². The van der Waals surface area contributed by atoms with E-state index in [1.54, 1.807) is 0 Å². The number of benzene rings is 3. The number of pyridine rings is 1. The van der Waals surface area contributed by atoms with Gasteiger partial charge in [0.2, 0.25) is 0 Å². The Bertz CT molecular complexity index is 1640. The second-order valence-corrected chi connectivity index (χ2v) is 14.4. The molecule has 0 spiro atoms. The van der Waals surface area contributed by atoms with E-state index in [-0.39, 0.29) is 37.1 Å². The standard InChI is InChI=1S/C29H28N.C11H20O2.Ir/c1-18(2)20-10-11-23-25(16-20)22-8-6-7-9-24(22)28-27-21(12-13-30-28)14-19(15-26(23)27)17-29(3,4)5;1-8(2)5-10(12)7-11(13)6-9(3)4;/h6-8,10-16,18H,17H2,1-5H3;7-9,12H,5-6H2,1-4H3;/q-1;;/b;10-7-;. The Morgan fingerprint density at radius 1 is 0.886 bits per heavy atom. The quantitative estimate of drug-likeness (QED) is 0.102. The zero-order valence-electron chi connectivity index (χ0n) is 27.8. The van der Waals surface area contributed by atoms with E-state index in [4.69, 9.17) is 4.98 Å². The molecule has 1 heterocycles. The maximum atomic E-state index is 11.2. The number of rotatable bonds is 7. The number of aromatic nitrogens is 1. The van der Waals surface area contributed by atoms with Crippen LogP contribution in [0.3, 0.4) is 0 Å². The molecular formula is C40H48IrNO2-. The molecule has 0 amide bonds. The first-order valence-electron chi connectivity index (χ1n) is 15.7. The van der Waals surface area contributed by atoms with Gasteiger partial charge >= 0.3 is 0 Å². The summed E-state index contributed by atoms with van der Waals surface area (Å²) in [6.45, 7) is 19.4. The van der Waals surface area contributed by atoms with Crippen LogP contribution in [0.4, 0.5) is 0 Å². The largest absolute Gasteiger partial charge is 0.512 e. The number of fused-ring (bicyclic) bond motifs is 5. The molecule has 3 nitrogen and oxygen atoms in total. The van der Waals surface area contributed by atoms with Gasteiger partial charge in [-0.05, 0) is 74.4 Å². The minimum atomic E-state index is 0. The predicted octanol–water partition coefficient (Wildman–Crippen LogP) is 11.1. The number of nitrogens with zero attached hydrogens (tertiary/aromatic N) is 1. The van der Waals surface area contributed by atoms with Crippen LogP contribution in [-0.2, 0) is 31.3 Å². The number of allylic oxidation sites excluding steroid dienone is 2. The molecule has 0 unspecified atom stereocenters. The zero-order chi connectivity index (χ0) is 31.5. The summed E-state index contributed by atoms with van der Waals surface area (Å²) in [7, 11) is 0. The van der Waals surface area contributed by atoms with E-state index >= 15 is 0 Å². The number of hydrogen-bond acceptors (Lipinski definition) is 3. The summed E-state index contributed by atoms with van der Waals surface area (Å²) in [6, 6.07) is 23.7. The van der Waals surface area contributed by atoms with Crippen molar-refractivity contribution in [3.8, 4) is 33.5 Å².